The maximum atomic E-state index is 10.5. The molecular formula is C64H86B4BrClN14O3+2. The van der Waals surface area contributed by atoms with Crippen LogP contribution < -0.4 is 0 Å². The van der Waals surface area contributed by atoms with Gasteiger partial charge in [-0.25, -0.2) is 24.6 Å². The van der Waals surface area contributed by atoms with E-state index in [-0.39, 0.29) is 33.7 Å². The van der Waals surface area contributed by atoms with Crippen LogP contribution in [-0.4, -0.2) is 132 Å². The molecule has 2 aliphatic heterocycles. The van der Waals surface area contributed by atoms with Crippen LogP contribution >= 0.6 is 27.5 Å². The predicted molar refractivity (Wildman–Crippen MR) is 362 cm³/mol. The number of hydrogen-bond donors (Lipinski definition) is 3. The fourth-order valence-corrected chi connectivity index (χ4v) is 10.3. The number of H-pyrrole nitrogens is 1. The Morgan fingerprint density at radius 2 is 0.989 bits per heavy atom. The molecule has 0 unspecified atom stereocenters. The van der Waals surface area contributed by atoms with Crippen molar-refractivity contribution < 1.29 is 24.4 Å². The number of aryl methyl sites for hydroxylation is 7. The summed E-state index contributed by atoms with van der Waals surface area (Å²) in [4.78, 5) is 30.6. The van der Waals surface area contributed by atoms with E-state index in [0.29, 0.717) is 18.9 Å². The molecule has 3 N–H and O–H groups in total. The SMILES string of the molecule is CC.CC.CC.CC.Cc1cc2c(-n3cc(Br)cn3)ccnc2n1C.Cc1cc2c(Cl)ccnc2n1C.Cc1cc2c([N+]3=NC=C(C4(O)CCC4)C3)ccnc2[nH]1.Cc1cc2c([N+]3=NC=C(C4(O)CCC4)C3)ccnc2n1C.O=C1CCC1.[B].[B].[B].[B]. The number of carbonyl (C=O) groups is 1. The lowest BCUT2D eigenvalue weighted by Gasteiger charge is -2.36. The van der Waals surface area contributed by atoms with E-state index >= 15 is 0 Å². The Bertz CT molecular complexity index is 3810. The summed E-state index contributed by atoms with van der Waals surface area (Å²) in [6, 6.07) is 16.2. The molecule has 454 valence electrons. The fraction of sp³-hybridized carbons (Fsp3) is 0.438. The molecule has 9 aromatic heterocycles. The number of pyridine rings is 4. The van der Waals surface area contributed by atoms with Gasteiger partial charge in [0.1, 0.15) is 40.8 Å². The quantitative estimate of drug-likeness (QED) is 0.112. The van der Waals surface area contributed by atoms with Gasteiger partial charge in [-0.1, -0.05) is 76.4 Å². The number of nitrogens with one attached hydrogen (secondary N) is 1. The van der Waals surface area contributed by atoms with Gasteiger partial charge in [0, 0.05) is 144 Å². The lowest BCUT2D eigenvalue weighted by Crippen LogP contribution is -2.40. The van der Waals surface area contributed by atoms with Gasteiger partial charge in [-0.15, -0.1) is 0 Å². The number of aromatic nitrogens is 10. The maximum absolute atomic E-state index is 10.5. The molecule has 3 saturated carbocycles. The number of aliphatic hydroxyl groups is 2. The molecule has 0 spiro atoms. The molecule has 87 heavy (non-hydrogen) atoms. The van der Waals surface area contributed by atoms with Gasteiger partial charge < -0.3 is 28.9 Å². The number of ketones is 1. The van der Waals surface area contributed by atoms with E-state index in [0.717, 1.165) is 145 Å². The lowest BCUT2D eigenvalue weighted by molar-refractivity contribution is -0.494. The predicted octanol–water partition coefficient (Wildman–Crippen LogP) is 14.3. The van der Waals surface area contributed by atoms with Crippen LogP contribution in [0.25, 0.3) is 49.8 Å². The molecule has 11 heterocycles. The number of fused-ring (bicyclic) bond motifs is 4. The van der Waals surface area contributed by atoms with Crippen LogP contribution in [0.1, 0.15) is 136 Å². The minimum Gasteiger partial charge on any atom is -0.385 e. The Kier molecular flexibility index (Phi) is 30.5. The molecule has 0 saturated heterocycles. The van der Waals surface area contributed by atoms with Gasteiger partial charge in [0.05, 0.1) is 54.5 Å². The van der Waals surface area contributed by atoms with Crippen LogP contribution in [0.2, 0.25) is 5.02 Å². The van der Waals surface area contributed by atoms with E-state index in [1.54, 1.807) is 18.6 Å². The molecule has 23 heteroatoms. The topological polar surface area (TPSA) is 188 Å². The van der Waals surface area contributed by atoms with Crippen LogP contribution in [0.4, 0.5) is 11.4 Å². The number of azo groups is 4. The Labute approximate surface area is 536 Å². The second-order valence-electron chi connectivity index (χ2n) is 20.2. The van der Waals surface area contributed by atoms with Gasteiger partial charge >= 0.3 is 0 Å². The zero-order valence-corrected chi connectivity index (χ0v) is 56.0. The third-order valence-electron chi connectivity index (χ3n) is 15.2. The van der Waals surface area contributed by atoms with Crippen molar-refractivity contribution in [2.24, 2.45) is 31.4 Å². The number of halogens is 2. The van der Waals surface area contributed by atoms with Crippen LogP contribution in [0.5, 0.6) is 0 Å². The number of rotatable bonds is 5. The van der Waals surface area contributed by atoms with E-state index in [2.05, 4.69) is 97.4 Å². The molecule has 5 aliphatic rings. The van der Waals surface area contributed by atoms with Crippen LogP contribution in [-0.2, 0) is 25.9 Å². The Morgan fingerprint density at radius 3 is 1.41 bits per heavy atom. The Morgan fingerprint density at radius 1 is 0.575 bits per heavy atom. The first kappa shape index (κ1) is 76.4. The Hall–Kier alpha value is -6.73. The van der Waals surface area contributed by atoms with Gasteiger partial charge in [0.15, 0.2) is 0 Å². The third kappa shape index (κ3) is 17.1. The zero-order valence-electron chi connectivity index (χ0n) is 53.7. The summed E-state index contributed by atoms with van der Waals surface area (Å²) in [6.07, 6.45) is 23.0. The van der Waals surface area contributed by atoms with Gasteiger partial charge in [-0.3, -0.25) is 4.79 Å². The van der Waals surface area contributed by atoms with Crippen molar-refractivity contribution in [1.82, 2.24) is 48.4 Å². The van der Waals surface area contributed by atoms with Gasteiger partial charge in [0.2, 0.25) is 24.5 Å². The van der Waals surface area contributed by atoms with Crippen molar-refractivity contribution in [3.8, 4) is 5.69 Å². The largest absolute Gasteiger partial charge is 0.385 e. The van der Waals surface area contributed by atoms with E-state index in [1.807, 2.05) is 170 Å². The fourth-order valence-electron chi connectivity index (χ4n) is 9.78. The van der Waals surface area contributed by atoms with Gasteiger partial charge in [-0.05, 0) is 135 Å². The summed E-state index contributed by atoms with van der Waals surface area (Å²) in [6.45, 7) is 25.5. The standard InChI is InChI=1S/C16H19N4O.C15H17N4O.C12H11BrN4.C9H9ClN2.C4H6O.4C2H6.4B/c1-11-8-13-14(4-7-17-15(13)19(11)2)20-10-12(9-18-20)16(21)5-3-6-16;1-10-7-12-13(3-6-16-14(12)18-10)19-9-11(8-17-19)15(20)4-2-5-15;1-8-5-10-11(17-7-9(13)6-15-17)3-4-14-12(10)16(8)2;1-6-5-7-8(10)3-4-11-9(7)12(6)2;5-4-2-1-3-4;4*1-2;;;;/h4,7-9,21H,3,5-6,10H2,1-2H3;3,6-8,20H,2,4-5,9H2,1H3,(H,16,18);3-7H,1-2H3;3-5H,1-2H3;1-3H2;4*1-2H3;;;;/q2*+1;;;;;;;;;;;. The molecule has 0 atom stereocenters. The highest BCUT2D eigenvalue weighted by molar-refractivity contribution is 9.10. The van der Waals surface area contributed by atoms with Crippen molar-refractivity contribution >= 4 is 122 Å². The highest BCUT2D eigenvalue weighted by atomic mass is 79.9. The van der Waals surface area contributed by atoms with Crippen molar-refractivity contribution in [3.05, 3.63) is 142 Å². The maximum Gasteiger partial charge on any atom is 0.244 e. The molecule has 12 radical (unpaired) electrons. The normalized spacial score (nSPS) is 14.9. The van der Waals surface area contributed by atoms with Crippen LogP contribution in [0, 0.1) is 27.7 Å². The summed E-state index contributed by atoms with van der Waals surface area (Å²) in [7, 11) is 6.03. The highest BCUT2D eigenvalue weighted by Gasteiger charge is 2.44. The highest BCUT2D eigenvalue weighted by Crippen LogP contribution is 2.42. The minimum atomic E-state index is -0.614. The smallest absolute Gasteiger partial charge is 0.244 e. The molecular weight excluding hydrogens is 1170 g/mol. The molecule has 0 aromatic carbocycles. The molecule has 3 fully saturated rings. The van der Waals surface area contributed by atoms with E-state index in [4.69, 9.17) is 11.6 Å². The average Bonchev–Trinajstić information content (AvgIpc) is 3.40. The molecule has 17 nitrogen and oxygen atoms in total. The number of nitrogens with zero attached hydrogens (tertiary/aromatic N) is 13. The lowest BCUT2D eigenvalue weighted by atomic mass is 9.75. The number of hydrogen-bond acceptors (Lipinski definition) is 10. The minimum absolute atomic E-state index is 0. The summed E-state index contributed by atoms with van der Waals surface area (Å²) in [5, 5.41) is 39.2. The zero-order chi connectivity index (χ0) is 60.8. The summed E-state index contributed by atoms with van der Waals surface area (Å²) in [5.41, 5.74) is 12.4. The monoisotopic (exact) mass is 1260 g/mol. The third-order valence-corrected chi connectivity index (χ3v) is 16.0. The summed E-state index contributed by atoms with van der Waals surface area (Å²) in [5.74, 6) is 0.435. The van der Waals surface area contributed by atoms with Crippen molar-refractivity contribution in [3.63, 3.8) is 0 Å². The molecule has 3 aliphatic carbocycles. The Balaban J connectivity index is 0.000000370. The summed E-state index contributed by atoms with van der Waals surface area (Å²) >= 11 is 9.40. The first-order chi connectivity index (χ1) is 40.0. The second-order valence-corrected chi connectivity index (χ2v) is 21.5. The first-order valence-corrected chi connectivity index (χ1v) is 30.5. The first-order valence-electron chi connectivity index (χ1n) is 29.4. The van der Waals surface area contributed by atoms with Crippen molar-refractivity contribution in [1.29, 1.82) is 0 Å². The van der Waals surface area contributed by atoms with E-state index in [9.17, 15) is 15.0 Å². The number of Topliss-reactive ketones (excluding diaryl/α,β-unsaturated/α-hetero) is 1. The summed E-state index contributed by atoms with van der Waals surface area (Å²) < 4.78 is 12.9. The van der Waals surface area contributed by atoms with Crippen molar-refractivity contribution in [2.75, 3.05) is 13.1 Å². The number of carbonyl (C=O) groups excluding carboxylic acids is 1. The molecule has 0 bridgehead atoms. The van der Waals surface area contributed by atoms with Crippen LogP contribution in [0.3, 0.4) is 0 Å². The van der Waals surface area contributed by atoms with Crippen molar-refractivity contribution in [2.45, 2.75) is 152 Å². The molecule has 0 amide bonds. The number of aromatic amines is 1. The second kappa shape index (κ2) is 34.7. The molecule has 9 aromatic rings. The van der Waals surface area contributed by atoms with Gasteiger partial charge in [0.25, 0.3) is 0 Å². The molecule has 14 rings (SSSR count). The van der Waals surface area contributed by atoms with Gasteiger partial charge in [-0.2, -0.15) is 5.10 Å². The van der Waals surface area contributed by atoms with Crippen LogP contribution in [0.15, 0.2) is 124 Å². The van der Waals surface area contributed by atoms with E-state index in [1.165, 1.54) is 17.1 Å². The van der Waals surface area contributed by atoms with E-state index < -0.39 is 11.2 Å². The average molecular weight is 1260 g/mol.